The summed E-state index contributed by atoms with van der Waals surface area (Å²) in [6.07, 6.45) is 2.56. The fraction of sp³-hybridized carbons (Fsp3) is 1.00. The zero-order valence-corrected chi connectivity index (χ0v) is 16.1. The van der Waals surface area contributed by atoms with Gasteiger partial charge in [0.25, 0.3) is 0 Å². The summed E-state index contributed by atoms with van der Waals surface area (Å²) in [4.78, 5) is 0. The lowest BCUT2D eigenvalue weighted by Crippen LogP contribution is -2.43. The summed E-state index contributed by atoms with van der Waals surface area (Å²) in [7, 11) is -1.81. The molecule has 0 aliphatic heterocycles. The zero-order valence-electron chi connectivity index (χ0n) is 13.6. The Labute approximate surface area is 135 Å². The Hall–Kier alpha value is 0.677. The van der Waals surface area contributed by atoms with Gasteiger partial charge < -0.3 is 14.6 Å². The monoisotopic (exact) mass is 346 g/mol. The van der Waals surface area contributed by atoms with Crippen molar-refractivity contribution in [1.82, 2.24) is 0 Å². The molecule has 0 bridgehead atoms. The first kappa shape index (κ1) is 23.0. The quantitative estimate of drug-likeness (QED) is 0.297. The van der Waals surface area contributed by atoms with Gasteiger partial charge in [-0.2, -0.15) is 0 Å². The Balaban J connectivity index is 0. The summed E-state index contributed by atoms with van der Waals surface area (Å²) in [5.41, 5.74) is 0. The van der Waals surface area contributed by atoms with E-state index in [4.69, 9.17) is 32.7 Å². The highest BCUT2D eigenvalue weighted by molar-refractivity contribution is 6.74. The van der Waals surface area contributed by atoms with Crippen molar-refractivity contribution in [3.63, 3.8) is 0 Å². The minimum atomic E-state index is -1.81. The van der Waals surface area contributed by atoms with Crippen LogP contribution in [-0.2, 0) is 4.43 Å². The Morgan fingerprint density at radius 3 is 1.85 bits per heavy atom. The predicted molar refractivity (Wildman–Crippen MR) is 91.3 cm³/mol. The molecule has 0 aromatic heterocycles. The largest absolute Gasteiger partial charge is 0.396 e. The van der Waals surface area contributed by atoms with E-state index in [9.17, 15) is 5.11 Å². The van der Waals surface area contributed by atoms with Crippen LogP contribution in [-0.4, -0.2) is 43.2 Å². The summed E-state index contributed by atoms with van der Waals surface area (Å²) in [5.74, 6) is 1.25. The maximum atomic E-state index is 9.63. The molecule has 0 aromatic rings. The van der Waals surface area contributed by atoms with Crippen LogP contribution in [0.2, 0.25) is 18.1 Å². The van der Waals surface area contributed by atoms with Crippen LogP contribution in [0.1, 0.15) is 46.5 Å². The van der Waals surface area contributed by atoms with Crippen LogP contribution in [0.4, 0.5) is 0 Å². The molecule has 0 rings (SSSR count). The predicted octanol–water partition coefficient (Wildman–Crippen LogP) is 4.34. The van der Waals surface area contributed by atoms with Gasteiger partial charge in [0, 0.05) is 18.4 Å². The van der Waals surface area contributed by atoms with E-state index in [1.54, 1.807) is 0 Å². The molecule has 0 saturated heterocycles. The topological polar surface area (TPSA) is 49.7 Å². The first-order valence-corrected chi connectivity index (χ1v) is 11.2. The van der Waals surface area contributed by atoms with Gasteiger partial charge in [-0.25, -0.2) is 0 Å². The molecular formula is C14H32Cl2O3Si. The molecule has 124 valence electrons. The fourth-order valence-electron chi connectivity index (χ4n) is 1.03. The zero-order chi connectivity index (χ0) is 16.2. The number of hydrogen-bond donors (Lipinski definition) is 2. The van der Waals surface area contributed by atoms with Gasteiger partial charge in [-0.15, -0.1) is 23.2 Å². The van der Waals surface area contributed by atoms with Crippen LogP contribution in [0.3, 0.4) is 0 Å². The fourth-order valence-corrected chi connectivity index (χ4v) is 2.53. The number of alkyl halides is 2. The highest BCUT2D eigenvalue weighted by Gasteiger charge is 2.38. The van der Waals surface area contributed by atoms with Gasteiger partial charge >= 0.3 is 0 Å². The van der Waals surface area contributed by atoms with Gasteiger partial charge in [0.15, 0.2) is 8.32 Å². The number of aliphatic hydroxyl groups excluding tert-OH is 2. The van der Waals surface area contributed by atoms with E-state index in [0.29, 0.717) is 18.2 Å². The third-order valence-electron chi connectivity index (χ3n) is 3.36. The van der Waals surface area contributed by atoms with Crippen LogP contribution in [0.5, 0.6) is 0 Å². The molecule has 20 heavy (non-hydrogen) atoms. The van der Waals surface area contributed by atoms with Crippen LogP contribution in [0.15, 0.2) is 0 Å². The first-order valence-electron chi connectivity index (χ1n) is 7.21. The van der Waals surface area contributed by atoms with Crippen molar-refractivity contribution >= 4 is 31.5 Å². The summed E-state index contributed by atoms with van der Waals surface area (Å²) < 4.78 is 5.74. The summed E-state index contributed by atoms with van der Waals surface area (Å²) >= 11 is 10.8. The molecule has 0 heterocycles. The SMILES string of the molecule is CC(C)(C)[Si](C)(C)OC(O)CCCCl.OCCCCCl. The summed E-state index contributed by atoms with van der Waals surface area (Å²) in [6, 6.07) is 0. The second-order valence-corrected chi connectivity index (χ2v) is 11.8. The molecular weight excluding hydrogens is 315 g/mol. The standard InChI is InChI=1S/C10H23ClO2Si.C4H9ClO/c1-10(2,3)14(4,5)13-9(12)7-6-8-11;5-3-1-2-4-6/h9,12H,6-8H2,1-5H3;6H,1-4H2. The molecule has 0 aliphatic carbocycles. The minimum Gasteiger partial charge on any atom is -0.396 e. The number of unbranched alkanes of at least 4 members (excludes halogenated alkanes) is 1. The lowest BCUT2D eigenvalue weighted by atomic mass is 10.2. The molecule has 0 aliphatic rings. The van der Waals surface area contributed by atoms with Gasteiger partial charge in [-0.1, -0.05) is 20.8 Å². The van der Waals surface area contributed by atoms with E-state index in [0.717, 1.165) is 19.3 Å². The average molecular weight is 347 g/mol. The summed E-state index contributed by atoms with van der Waals surface area (Å²) in [6.45, 7) is 11.0. The van der Waals surface area contributed by atoms with Crippen molar-refractivity contribution in [2.24, 2.45) is 0 Å². The first-order chi connectivity index (χ1) is 9.12. The van der Waals surface area contributed by atoms with E-state index in [1.807, 2.05) is 0 Å². The van der Waals surface area contributed by atoms with E-state index < -0.39 is 14.6 Å². The van der Waals surface area contributed by atoms with Crippen LogP contribution >= 0.6 is 23.2 Å². The lowest BCUT2D eigenvalue weighted by Gasteiger charge is -2.37. The number of halogens is 2. The highest BCUT2D eigenvalue weighted by Crippen LogP contribution is 2.37. The molecule has 0 radical (unpaired) electrons. The van der Waals surface area contributed by atoms with Gasteiger partial charge in [-0.05, 0) is 43.8 Å². The number of aliphatic hydroxyl groups is 2. The normalized spacial score (nSPS) is 13.7. The maximum absolute atomic E-state index is 9.63. The Kier molecular flexibility index (Phi) is 14.0. The number of hydrogen-bond acceptors (Lipinski definition) is 3. The third kappa shape index (κ3) is 12.4. The lowest BCUT2D eigenvalue weighted by molar-refractivity contribution is -0.0338. The second kappa shape index (κ2) is 12.2. The minimum absolute atomic E-state index is 0.148. The van der Waals surface area contributed by atoms with Crippen LogP contribution in [0, 0.1) is 0 Å². The molecule has 0 spiro atoms. The van der Waals surface area contributed by atoms with Crippen molar-refractivity contribution in [2.75, 3.05) is 18.4 Å². The molecule has 0 fully saturated rings. The third-order valence-corrected chi connectivity index (χ3v) is 8.37. The second-order valence-electron chi connectivity index (χ2n) is 6.28. The summed E-state index contributed by atoms with van der Waals surface area (Å²) in [5, 5.41) is 17.9. The molecule has 1 unspecified atom stereocenters. The Morgan fingerprint density at radius 2 is 1.55 bits per heavy atom. The molecule has 2 N–H and O–H groups in total. The van der Waals surface area contributed by atoms with E-state index in [-0.39, 0.29) is 11.6 Å². The highest BCUT2D eigenvalue weighted by atomic mass is 35.5. The molecule has 0 aromatic carbocycles. The number of rotatable bonds is 8. The maximum Gasteiger partial charge on any atom is 0.195 e. The van der Waals surface area contributed by atoms with Crippen molar-refractivity contribution < 1.29 is 14.6 Å². The van der Waals surface area contributed by atoms with Crippen molar-refractivity contribution in [3.05, 3.63) is 0 Å². The molecule has 0 amide bonds. The van der Waals surface area contributed by atoms with E-state index in [1.165, 1.54) is 0 Å². The van der Waals surface area contributed by atoms with Crippen LogP contribution in [0.25, 0.3) is 0 Å². The van der Waals surface area contributed by atoms with E-state index in [2.05, 4.69) is 33.9 Å². The molecule has 6 heteroatoms. The van der Waals surface area contributed by atoms with Crippen molar-refractivity contribution in [1.29, 1.82) is 0 Å². The van der Waals surface area contributed by atoms with Gasteiger partial charge in [0.1, 0.15) is 6.29 Å². The molecule has 1 atom stereocenters. The van der Waals surface area contributed by atoms with Gasteiger partial charge in [0.2, 0.25) is 0 Å². The van der Waals surface area contributed by atoms with Gasteiger partial charge in [-0.3, -0.25) is 0 Å². The molecule has 0 saturated carbocycles. The Bertz CT molecular complexity index is 217. The van der Waals surface area contributed by atoms with Gasteiger partial charge in [0.05, 0.1) is 0 Å². The van der Waals surface area contributed by atoms with Crippen molar-refractivity contribution in [2.45, 2.75) is 70.9 Å². The smallest absolute Gasteiger partial charge is 0.195 e. The Morgan fingerprint density at radius 1 is 1.05 bits per heavy atom. The van der Waals surface area contributed by atoms with Crippen molar-refractivity contribution in [3.8, 4) is 0 Å². The average Bonchev–Trinajstić information content (AvgIpc) is 2.32. The van der Waals surface area contributed by atoms with E-state index >= 15 is 0 Å². The molecule has 3 nitrogen and oxygen atoms in total. The van der Waals surface area contributed by atoms with Crippen LogP contribution < -0.4 is 0 Å².